The molecule has 0 aliphatic carbocycles. The molecule has 134 valence electrons. The van der Waals surface area contributed by atoms with Crippen molar-refractivity contribution in [1.82, 2.24) is 14.3 Å². The Morgan fingerprint density at radius 3 is 2.80 bits per heavy atom. The van der Waals surface area contributed by atoms with Gasteiger partial charge in [0, 0.05) is 51.2 Å². The molecule has 0 atom stereocenters. The first kappa shape index (κ1) is 17.8. The second kappa shape index (κ2) is 8.35. The quantitative estimate of drug-likeness (QED) is 0.812. The highest BCUT2D eigenvalue weighted by Gasteiger charge is 2.21. The van der Waals surface area contributed by atoms with Crippen LogP contribution in [0, 0.1) is 5.82 Å². The molecule has 25 heavy (non-hydrogen) atoms. The Kier molecular flexibility index (Phi) is 5.93. The van der Waals surface area contributed by atoms with Gasteiger partial charge in [0.2, 0.25) is 11.0 Å². The molecule has 1 aliphatic heterocycles. The van der Waals surface area contributed by atoms with Gasteiger partial charge in [-0.1, -0.05) is 12.1 Å². The minimum Gasteiger partial charge on any atom is -0.375 e. The van der Waals surface area contributed by atoms with Gasteiger partial charge < -0.3 is 14.5 Å². The molecule has 1 aliphatic rings. The van der Waals surface area contributed by atoms with Gasteiger partial charge in [0.05, 0.1) is 0 Å². The van der Waals surface area contributed by atoms with E-state index in [1.54, 1.807) is 12.1 Å². The van der Waals surface area contributed by atoms with Crippen molar-refractivity contribution in [2.24, 2.45) is 0 Å². The molecule has 0 unspecified atom stereocenters. The average Bonchev–Trinajstić information content (AvgIpc) is 2.92. The van der Waals surface area contributed by atoms with Crippen molar-refractivity contribution in [3.8, 4) is 0 Å². The summed E-state index contributed by atoms with van der Waals surface area (Å²) in [5.41, 5.74) is 0.984. The minimum absolute atomic E-state index is 0.0265. The van der Waals surface area contributed by atoms with Crippen molar-refractivity contribution in [3.63, 3.8) is 0 Å². The number of hydrogen-bond donors (Lipinski definition) is 0. The number of aromatic nitrogens is 2. The highest BCUT2D eigenvalue weighted by atomic mass is 32.1. The van der Waals surface area contributed by atoms with E-state index in [0.29, 0.717) is 13.0 Å². The van der Waals surface area contributed by atoms with Gasteiger partial charge in [0.15, 0.2) is 0 Å². The summed E-state index contributed by atoms with van der Waals surface area (Å²) in [7, 11) is 1.53. The first-order valence-corrected chi connectivity index (χ1v) is 9.02. The highest BCUT2D eigenvalue weighted by Crippen LogP contribution is 2.20. The summed E-state index contributed by atoms with van der Waals surface area (Å²) < 4.78 is 22.3. The van der Waals surface area contributed by atoms with E-state index in [0.717, 1.165) is 42.6 Å². The fraction of sp³-hybridized carbons (Fsp3) is 0.471. The molecule has 1 aromatic carbocycles. The van der Waals surface area contributed by atoms with Crippen LogP contribution in [0.25, 0.3) is 0 Å². The number of hydrogen-bond acceptors (Lipinski definition) is 6. The summed E-state index contributed by atoms with van der Waals surface area (Å²) in [6.07, 6.45) is 1.48. The van der Waals surface area contributed by atoms with E-state index in [9.17, 15) is 9.18 Å². The van der Waals surface area contributed by atoms with Crippen LogP contribution in [-0.4, -0.2) is 60.1 Å². The topological polar surface area (TPSA) is 58.6 Å². The number of carbonyl (C=O) groups excluding carboxylic acids is 1. The molecule has 0 N–H and O–H groups in total. The zero-order valence-electron chi connectivity index (χ0n) is 14.2. The summed E-state index contributed by atoms with van der Waals surface area (Å²) in [6, 6.07) is 6.40. The van der Waals surface area contributed by atoms with E-state index in [1.165, 1.54) is 30.8 Å². The fourth-order valence-corrected chi connectivity index (χ4v) is 3.54. The van der Waals surface area contributed by atoms with E-state index >= 15 is 0 Å². The molecular formula is C17H21FN4O2S. The molecule has 2 heterocycles. The molecule has 8 heteroatoms. The van der Waals surface area contributed by atoms with Crippen LogP contribution in [-0.2, 0) is 16.0 Å². The van der Waals surface area contributed by atoms with E-state index in [2.05, 4.69) is 14.3 Å². The molecule has 0 saturated carbocycles. The average molecular weight is 364 g/mol. The van der Waals surface area contributed by atoms with Crippen LogP contribution >= 0.6 is 11.5 Å². The fourth-order valence-electron chi connectivity index (χ4n) is 2.80. The summed E-state index contributed by atoms with van der Waals surface area (Å²) >= 11 is 1.37. The maximum Gasteiger partial charge on any atom is 0.248 e. The Hall–Kier alpha value is -2.06. The lowest BCUT2D eigenvalue weighted by molar-refractivity contribution is -0.134. The van der Waals surface area contributed by atoms with Crippen LogP contribution in [0.3, 0.4) is 0 Å². The van der Waals surface area contributed by atoms with Gasteiger partial charge in [0.25, 0.3) is 0 Å². The molecule has 3 rings (SSSR count). The third-order valence-electron chi connectivity index (χ3n) is 4.12. The second-order valence-electron chi connectivity index (χ2n) is 5.95. The van der Waals surface area contributed by atoms with E-state index < -0.39 is 0 Å². The summed E-state index contributed by atoms with van der Waals surface area (Å²) in [4.78, 5) is 20.6. The third kappa shape index (κ3) is 4.73. The van der Waals surface area contributed by atoms with Gasteiger partial charge in [-0.2, -0.15) is 4.37 Å². The number of benzene rings is 1. The third-order valence-corrected chi connectivity index (χ3v) is 4.93. The van der Waals surface area contributed by atoms with Crippen LogP contribution in [0.4, 0.5) is 9.52 Å². The smallest absolute Gasteiger partial charge is 0.248 e. The number of halogens is 1. The predicted molar refractivity (Wildman–Crippen MR) is 94.4 cm³/mol. The minimum atomic E-state index is -0.243. The number of anilines is 1. The van der Waals surface area contributed by atoms with Gasteiger partial charge in [0.1, 0.15) is 18.2 Å². The van der Waals surface area contributed by atoms with Crippen LogP contribution in [0.1, 0.15) is 17.8 Å². The van der Waals surface area contributed by atoms with Crippen molar-refractivity contribution < 1.29 is 13.9 Å². The number of ether oxygens (including phenoxy) is 1. The molecular weight excluding hydrogens is 343 g/mol. The Labute approximate surface area is 150 Å². The molecule has 1 saturated heterocycles. The van der Waals surface area contributed by atoms with Crippen LogP contribution in [0.15, 0.2) is 24.3 Å². The Balaban J connectivity index is 1.60. The summed E-state index contributed by atoms with van der Waals surface area (Å²) in [6.45, 7) is 3.11. The van der Waals surface area contributed by atoms with Gasteiger partial charge >= 0.3 is 0 Å². The predicted octanol–water partition coefficient (Wildman–Crippen LogP) is 1.95. The SMILES string of the molecule is COCC(=O)N1CCCN(c2nc(Cc3ccc(F)cc3)ns2)CC1. The standard InChI is InChI=1S/C17H21FN4O2S/c1-24-12-16(23)21-7-2-8-22(10-9-21)17-19-15(20-25-17)11-13-3-5-14(18)6-4-13/h3-6H,2,7-12H2,1H3. The maximum absolute atomic E-state index is 13.0. The van der Waals surface area contributed by atoms with E-state index in [-0.39, 0.29) is 18.3 Å². The molecule has 1 aromatic heterocycles. The maximum atomic E-state index is 13.0. The molecule has 1 fully saturated rings. The molecule has 0 spiro atoms. The van der Waals surface area contributed by atoms with Crippen molar-refractivity contribution >= 4 is 22.6 Å². The van der Waals surface area contributed by atoms with Crippen LogP contribution in [0.2, 0.25) is 0 Å². The van der Waals surface area contributed by atoms with Crippen molar-refractivity contribution in [1.29, 1.82) is 0 Å². The molecule has 0 bridgehead atoms. The Morgan fingerprint density at radius 2 is 2.04 bits per heavy atom. The second-order valence-corrected chi connectivity index (χ2v) is 6.68. The first-order valence-electron chi connectivity index (χ1n) is 8.24. The van der Waals surface area contributed by atoms with E-state index in [1.807, 2.05) is 4.90 Å². The largest absolute Gasteiger partial charge is 0.375 e. The lowest BCUT2D eigenvalue weighted by Gasteiger charge is -2.21. The number of carbonyl (C=O) groups is 1. The number of methoxy groups -OCH3 is 1. The summed E-state index contributed by atoms with van der Waals surface area (Å²) in [5, 5.41) is 0.873. The summed E-state index contributed by atoms with van der Waals surface area (Å²) in [5.74, 6) is 0.523. The van der Waals surface area contributed by atoms with Crippen molar-refractivity contribution in [3.05, 3.63) is 41.5 Å². The number of rotatable bonds is 5. The normalized spacial score (nSPS) is 15.3. The lowest BCUT2D eigenvalue weighted by Crippen LogP contribution is -2.37. The monoisotopic (exact) mass is 364 g/mol. The van der Waals surface area contributed by atoms with Crippen molar-refractivity contribution in [2.45, 2.75) is 12.8 Å². The van der Waals surface area contributed by atoms with Gasteiger partial charge in [-0.3, -0.25) is 4.79 Å². The first-order chi connectivity index (χ1) is 12.2. The van der Waals surface area contributed by atoms with Crippen LogP contribution in [0.5, 0.6) is 0 Å². The number of nitrogens with zero attached hydrogens (tertiary/aromatic N) is 4. The lowest BCUT2D eigenvalue weighted by atomic mass is 10.1. The van der Waals surface area contributed by atoms with Gasteiger partial charge in [-0.05, 0) is 24.1 Å². The Bertz CT molecular complexity index is 707. The van der Waals surface area contributed by atoms with E-state index in [4.69, 9.17) is 4.74 Å². The van der Waals surface area contributed by atoms with Gasteiger partial charge in [-0.15, -0.1) is 0 Å². The number of amides is 1. The van der Waals surface area contributed by atoms with Gasteiger partial charge in [-0.25, -0.2) is 9.37 Å². The highest BCUT2D eigenvalue weighted by molar-refractivity contribution is 7.09. The Morgan fingerprint density at radius 1 is 1.24 bits per heavy atom. The molecule has 6 nitrogen and oxygen atoms in total. The molecule has 1 amide bonds. The zero-order valence-corrected chi connectivity index (χ0v) is 15.0. The molecule has 2 aromatic rings. The van der Waals surface area contributed by atoms with Crippen LogP contribution < -0.4 is 4.90 Å². The zero-order chi connectivity index (χ0) is 17.6. The molecule has 0 radical (unpaired) electrons. The van der Waals surface area contributed by atoms with Crippen molar-refractivity contribution in [2.75, 3.05) is 44.8 Å².